The van der Waals surface area contributed by atoms with E-state index in [1.165, 1.54) is 45.3 Å². The van der Waals surface area contributed by atoms with Crippen molar-refractivity contribution in [2.24, 2.45) is 11.8 Å². The SMILES string of the molecule is CCC(C)C1CN(CC2(SC)CCC2)C(C(C)C)CN1. The summed E-state index contributed by atoms with van der Waals surface area (Å²) in [6.07, 6.45) is 7.89. The van der Waals surface area contributed by atoms with Crippen LogP contribution in [0, 0.1) is 11.8 Å². The summed E-state index contributed by atoms with van der Waals surface area (Å²) >= 11 is 2.12. The van der Waals surface area contributed by atoms with Crippen LogP contribution in [-0.4, -0.2) is 47.6 Å². The van der Waals surface area contributed by atoms with Crippen molar-refractivity contribution in [3.8, 4) is 0 Å². The molecule has 1 aliphatic heterocycles. The molecule has 1 aliphatic carbocycles. The molecule has 1 heterocycles. The highest BCUT2D eigenvalue weighted by Crippen LogP contribution is 2.44. The third kappa shape index (κ3) is 3.53. The standard InChI is InChI=1S/C17H34N2S/c1-6-14(4)15-11-19(16(10-18-15)13(2)3)12-17(20-5)8-7-9-17/h13-16,18H,6-12H2,1-5H3. The summed E-state index contributed by atoms with van der Waals surface area (Å²) in [7, 11) is 0. The molecule has 0 aromatic rings. The highest BCUT2D eigenvalue weighted by atomic mass is 32.2. The van der Waals surface area contributed by atoms with Crippen molar-refractivity contribution in [3.05, 3.63) is 0 Å². The molecule has 0 radical (unpaired) electrons. The van der Waals surface area contributed by atoms with Crippen LogP contribution in [0.3, 0.4) is 0 Å². The van der Waals surface area contributed by atoms with Crippen LogP contribution in [0.2, 0.25) is 0 Å². The van der Waals surface area contributed by atoms with Gasteiger partial charge in [-0.25, -0.2) is 0 Å². The number of hydrogen-bond acceptors (Lipinski definition) is 3. The second-order valence-corrected chi connectivity index (χ2v) is 8.66. The fraction of sp³-hybridized carbons (Fsp3) is 1.00. The lowest BCUT2D eigenvalue weighted by Gasteiger charge is -2.50. The van der Waals surface area contributed by atoms with Crippen LogP contribution in [0.1, 0.15) is 53.4 Å². The van der Waals surface area contributed by atoms with Gasteiger partial charge in [-0.15, -0.1) is 0 Å². The molecule has 20 heavy (non-hydrogen) atoms. The van der Waals surface area contributed by atoms with Gasteiger partial charge in [0.05, 0.1) is 0 Å². The van der Waals surface area contributed by atoms with E-state index in [1.807, 2.05) is 0 Å². The van der Waals surface area contributed by atoms with Gasteiger partial charge >= 0.3 is 0 Å². The first kappa shape index (κ1) is 16.6. The highest BCUT2D eigenvalue weighted by molar-refractivity contribution is 8.00. The second kappa shape index (κ2) is 7.02. The van der Waals surface area contributed by atoms with E-state index < -0.39 is 0 Å². The average molecular weight is 299 g/mol. The molecule has 0 aromatic heterocycles. The van der Waals surface area contributed by atoms with E-state index in [4.69, 9.17) is 0 Å². The minimum absolute atomic E-state index is 0.574. The Bertz CT molecular complexity index is 296. The van der Waals surface area contributed by atoms with E-state index in [-0.39, 0.29) is 0 Å². The maximum atomic E-state index is 3.82. The molecule has 0 aromatic carbocycles. The molecular formula is C17H34N2S. The van der Waals surface area contributed by atoms with Gasteiger partial charge < -0.3 is 5.32 Å². The van der Waals surface area contributed by atoms with E-state index in [2.05, 4.69) is 55.9 Å². The molecule has 1 saturated carbocycles. The number of thioether (sulfide) groups is 1. The number of piperazine rings is 1. The maximum absolute atomic E-state index is 3.82. The van der Waals surface area contributed by atoms with Gasteiger partial charge in [0.25, 0.3) is 0 Å². The Balaban J connectivity index is 2.03. The van der Waals surface area contributed by atoms with Crippen LogP contribution < -0.4 is 5.32 Å². The quantitative estimate of drug-likeness (QED) is 0.806. The largest absolute Gasteiger partial charge is 0.311 e. The molecule has 118 valence electrons. The lowest BCUT2D eigenvalue weighted by molar-refractivity contribution is 0.0618. The smallest absolute Gasteiger partial charge is 0.0284 e. The summed E-state index contributed by atoms with van der Waals surface area (Å²) in [6, 6.07) is 1.41. The molecule has 3 heteroatoms. The van der Waals surface area contributed by atoms with Crippen molar-refractivity contribution >= 4 is 11.8 Å². The molecule has 0 amide bonds. The van der Waals surface area contributed by atoms with Crippen molar-refractivity contribution in [2.75, 3.05) is 25.9 Å². The molecule has 3 unspecified atom stereocenters. The van der Waals surface area contributed by atoms with E-state index >= 15 is 0 Å². The lowest BCUT2D eigenvalue weighted by atomic mass is 9.82. The van der Waals surface area contributed by atoms with Gasteiger partial charge in [0, 0.05) is 36.5 Å². The minimum Gasteiger partial charge on any atom is -0.311 e. The monoisotopic (exact) mass is 298 g/mol. The van der Waals surface area contributed by atoms with Crippen LogP contribution in [0.25, 0.3) is 0 Å². The van der Waals surface area contributed by atoms with Gasteiger partial charge in [-0.2, -0.15) is 11.8 Å². The fourth-order valence-electron chi connectivity index (χ4n) is 3.73. The van der Waals surface area contributed by atoms with Gasteiger partial charge in [0.2, 0.25) is 0 Å². The molecular weight excluding hydrogens is 264 g/mol. The van der Waals surface area contributed by atoms with Crippen molar-refractivity contribution < 1.29 is 0 Å². The zero-order valence-corrected chi connectivity index (χ0v) is 14.9. The molecule has 3 atom stereocenters. The molecule has 1 N–H and O–H groups in total. The van der Waals surface area contributed by atoms with Gasteiger partial charge in [-0.3, -0.25) is 4.90 Å². The first-order chi connectivity index (χ1) is 9.51. The summed E-state index contributed by atoms with van der Waals surface area (Å²) in [5.74, 6) is 1.54. The van der Waals surface area contributed by atoms with Gasteiger partial charge in [-0.1, -0.05) is 40.5 Å². The van der Waals surface area contributed by atoms with Crippen LogP contribution in [-0.2, 0) is 0 Å². The molecule has 0 bridgehead atoms. The summed E-state index contributed by atoms with van der Waals surface area (Å²) in [4.78, 5) is 2.83. The number of nitrogens with one attached hydrogen (secondary N) is 1. The summed E-state index contributed by atoms with van der Waals surface area (Å²) < 4.78 is 0.574. The normalized spacial score (nSPS) is 32.1. The summed E-state index contributed by atoms with van der Waals surface area (Å²) in [5, 5.41) is 3.82. The maximum Gasteiger partial charge on any atom is 0.0284 e. The molecule has 0 spiro atoms. The average Bonchev–Trinajstić information content (AvgIpc) is 2.41. The van der Waals surface area contributed by atoms with Crippen LogP contribution in [0.5, 0.6) is 0 Å². The van der Waals surface area contributed by atoms with Gasteiger partial charge in [0.1, 0.15) is 0 Å². The van der Waals surface area contributed by atoms with E-state index in [1.54, 1.807) is 0 Å². The highest BCUT2D eigenvalue weighted by Gasteiger charge is 2.41. The third-order valence-corrected chi connectivity index (χ3v) is 7.18. The number of hydrogen-bond donors (Lipinski definition) is 1. The Morgan fingerprint density at radius 1 is 1.30 bits per heavy atom. The van der Waals surface area contributed by atoms with Crippen LogP contribution in [0.15, 0.2) is 0 Å². The Morgan fingerprint density at radius 2 is 2.00 bits per heavy atom. The van der Waals surface area contributed by atoms with Crippen LogP contribution in [0.4, 0.5) is 0 Å². The summed E-state index contributed by atoms with van der Waals surface area (Å²) in [5.41, 5.74) is 0. The Labute approximate surface area is 130 Å². The molecule has 2 aliphatic rings. The number of rotatable bonds is 6. The van der Waals surface area contributed by atoms with E-state index in [0.29, 0.717) is 10.8 Å². The lowest BCUT2D eigenvalue weighted by Crippen LogP contribution is -2.62. The predicted octanol–water partition coefficient (Wildman–Crippen LogP) is 3.62. The first-order valence-electron chi connectivity index (χ1n) is 8.54. The Morgan fingerprint density at radius 3 is 2.45 bits per heavy atom. The molecule has 1 saturated heterocycles. The van der Waals surface area contributed by atoms with Gasteiger partial charge in [0.15, 0.2) is 0 Å². The molecule has 2 nitrogen and oxygen atoms in total. The van der Waals surface area contributed by atoms with Crippen LogP contribution >= 0.6 is 11.8 Å². The third-order valence-electron chi connectivity index (χ3n) is 5.78. The Kier molecular flexibility index (Phi) is 5.84. The topological polar surface area (TPSA) is 15.3 Å². The Hall–Kier alpha value is 0.270. The first-order valence-corrected chi connectivity index (χ1v) is 9.76. The second-order valence-electron chi connectivity index (χ2n) is 7.38. The van der Waals surface area contributed by atoms with Crippen molar-refractivity contribution in [1.29, 1.82) is 0 Å². The zero-order valence-electron chi connectivity index (χ0n) is 14.1. The van der Waals surface area contributed by atoms with E-state index in [9.17, 15) is 0 Å². The summed E-state index contributed by atoms with van der Waals surface area (Å²) in [6.45, 7) is 13.2. The minimum atomic E-state index is 0.574. The van der Waals surface area contributed by atoms with Crippen molar-refractivity contribution in [1.82, 2.24) is 10.2 Å². The number of nitrogens with zero attached hydrogens (tertiary/aromatic N) is 1. The molecule has 2 rings (SSSR count). The predicted molar refractivity (Wildman–Crippen MR) is 91.5 cm³/mol. The van der Waals surface area contributed by atoms with E-state index in [0.717, 1.165) is 17.9 Å². The molecule has 2 fully saturated rings. The fourth-order valence-corrected chi connectivity index (χ4v) is 4.72. The van der Waals surface area contributed by atoms with Crippen molar-refractivity contribution in [2.45, 2.75) is 70.2 Å². The zero-order chi connectivity index (χ0) is 14.8. The van der Waals surface area contributed by atoms with Gasteiger partial charge in [-0.05, 0) is 30.9 Å². The van der Waals surface area contributed by atoms with Crippen molar-refractivity contribution in [3.63, 3.8) is 0 Å².